The van der Waals surface area contributed by atoms with Crippen LogP contribution in [0, 0.1) is 5.82 Å². The summed E-state index contributed by atoms with van der Waals surface area (Å²) in [5.41, 5.74) is 1.73. The Bertz CT molecular complexity index is 554. The van der Waals surface area contributed by atoms with Crippen molar-refractivity contribution in [2.45, 2.75) is 12.5 Å². The van der Waals surface area contributed by atoms with Gasteiger partial charge in [-0.1, -0.05) is 30.3 Å². The van der Waals surface area contributed by atoms with Crippen molar-refractivity contribution in [3.63, 3.8) is 0 Å². The summed E-state index contributed by atoms with van der Waals surface area (Å²) < 4.78 is 17.6. The maximum absolute atomic E-state index is 12.9. The predicted octanol–water partition coefficient (Wildman–Crippen LogP) is 3.54. The van der Waals surface area contributed by atoms with Gasteiger partial charge in [-0.2, -0.15) is 0 Å². The Morgan fingerprint density at radius 1 is 1.15 bits per heavy atom. The van der Waals surface area contributed by atoms with E-state index in [0.717, 1.165) is 11.3 Å². The molecule has 2 aromatic carbocycles. The van der Waals surface area contributed by atoms with Crippen molar-refractivity contribution < 1.29 is 13.9 Å². The molecule has 0 aliphatic heterocycles. The zero-order valence-corrected chi connectivity index (χ0v) is 11.2. The van der Waals surface area contributed by atoms with Gasteiger partial charge in [0.1, 0.15) is 5.82 Å². The molecular formula is C16H16FNO2. The SMILES string of the molecule is COC(=O)CC(Nc1ccc(F)cc1)c1ccccc1. The average Bonchev–Trinajstić information content (AvgIpc) is 2.49. The molecule has 0 radical (unpaired) electrons. The maximum Gasteiger partial charge on any atom is 0.307 e. The molecule has 104 valence electrons. The number of benzene rings is 2. The highest BCUT2D eigenvalue weighted by Crippen LogP contribution is 2.23. The van der Waals surface area contributed by atoms with E-state index < -0.39 is 0 Å². The highest BCUT2D eigenvalue weighted by atomic mass is 19.1. The molecule has 0 saturated carbocycles. The van der Waals surface area contributed by atoms with Gasteiger partial charge < -0.3 is 10.1 Å². The van der Waals surface area contributed by atoms with Crippen LogP contribution >= 0.6 is 0 Å². The van der Waals surface area contributed by atoms with E-state index in [-0.39, 0.29) is 24.2 Å². The third kappa shape index (κ3) is 3.82. The van der Waals surface area contributed by atoms with Gasteiger partial charge in [-0.25, -0.2) is 4.39 Å². The molecule has 1 atom stereocenters. The lowest BCUT2D eigenvalue weighted by atomic mass is 10.0. The van der Waals surface area contributed by atoms with E-state index in [9.17, 15) is 9.18 Å². The molecule has 4 heteroatoms. The van der Waals surface area contributed by atoms with Crippen LogP contribution in [0.5, 0.6) is 0 Å². The van der Waals surface area contributed by atoms with Crippen LogP contribution in [0.1, 0.15) is 18.0 Å². The van der Waals surface area contributed by atoms with Gasteiger partial charge in [-0.3, -0.25) is 4.79 Å². The molecule has 20 heavy (non-hydrogen) atoms. The van der Waals surface area contributed by atoms with Crippen LogP contribution in [0.2, 0.25) is 0 Å². The number of nitrogens with one attached hydrogen (secondary N) is 1. The molecule has 0 heterocycles. The molecule has 0 aliphatic rings. The van der Waals surface area contributed by atoms with Gasteiger partial charge in [0.25, 0.3) is 0 Å². The minimum atomic E-state index is -0.298. The zero-order valence-electron chi connectivity index (χ0n) is 11.2. The number of halogens is 1. The number of hydrogen-bond acceptors (Lipinski definition) is 3. The monoisotopic (exact) mass is 273 g/mol. The van der Waals surface area contributed by atoms with Crippen LogP contribution in [0.4, 0.5) is 10.1 Å². The second-order valence-corrected chi connectivity index (χ2v) is 4.39. The Morgan fingerprint density at radius 3 is 2.40 bits per heavy atom. The standard InChI is InChI=1S/C16H16FNO2/c1-20-16(19)11-15(12-5-3-2-4-6-12)18-14-9-7-13(17)8-10-14/h2-10,15,18H,11H2,1H3. The number of carbonyl (C=O) groups excluding carboxylic acids is 1. The third-order valence-electron chi connectivity index (χ3n) is 2.99. The number of anilines is 1. The fourth-order valence-electron chi connectivity index (χ4n) is 1.93. The van der Waals surface area contributed by atoms with E-state index in [2.05, 4.69) is 5.32 Å². The largest absolute Gasteiger partial charge is 0.469 e. The normalized spacial score (nSPS) is 11.7. The van der Waals surface area contributed by atoms with Crippen molar-refractivity contribution in [3.05, 3.63) is 66.0 Å². The van der Waals surface area contributed by atoms with Crippen molar-refractivity contribution in [2.75, 3.05) is 12.4 Å². The molecule has 0 aromatic heterocycles. The van der Waals surface area contributed by atoms with Crippen molar-refractivity contribution in [1.29, 1.82) is 0 Å². The van der Waals surface area contributed by atoms with Crippen molar-refractivity contribution >= 4 is 11.7 Å². The average molecular weight is 273 g/mol. The van der Waals surface area contributed by atoms with Crippen molar-refractivity contribution in [1.82, 2.24) is 0 Å². The quantitative estimate of drug-likeness (QED) is 0.847. The predicted molar refractivity (Wildman–Crippen MR) is 75.8 cm³/mol. The van der Waals surface area contributed by atoms with E-state index in [0.29, 0.717) is 0 Å². The van der Waals surface area contributed by atoms with Crippen LogP contribution < -0.4 is 5.32 Å². The molecule has 2 rings (SSSR count). The van der Waals surface area contributed by atoms with E-state index in [1.54, 1.807) is 12.1 Å². The minimum absolute atomic E-state index is 0.206. The molecule has 0 bridgehead atoms. The topological polar surface area (TPSA) is 38.3 Å². The summed E-state index contributed by atoms with van der Waals surface area (Å²) >= 11 is 0. The number of carbonyl (C=O) groups is 1. The molecular weight excluding hydrogens is 257 g/mol. The summed E-state index contributed by atoms with van der Waals surface area (Å²) in [4.78, 5) is 11.5. The second kappa shape index (κ2) is 6.70. The molecule has 0 fully saturated rings. The summed E-state index contributed by atoms with van der Waals surface area (Å²) in [6, 6.07) is 15.4. The number of methoxy groups -OCH3 is 1. The first-order chi connectivity index (χ1) is 9.69. The molecule has 0 amide bonds. The summed E-state index contributed by atoms with van der Waals surface area (Å²) in [6.07, 6.45) is 0.206. The Morgan fingerprint density at radius 2 is 1.80 bits per heavy atom. The minimum Gasteiger partial charge on any atom is -0.469 e. The molecule has 0 spiro atoms. The Balaban J connectivity index is 2.18. The van der Waals surface area contributed by atoms with Gasteiger partial charge >= 0.3 is 5.97 Å². The highest BCUT2D eigenvalue weighted by Gasteiger charge is 2.16. The van der Waals surface area contributed by atoms with Gasteiger partial charge in [0.15, 0.2) is 0 Å². The van der Waals surface area contributed by atoms with Crippen molar-refractivity contribution in [2.24, 2.45) is 0 Å². The molecule has 3 nitrogen and oxygen atoms in total. The lowest BCUT2D eigenvalue weighted by Gasteiger charge is -2.19. The van der Waals surface area contributed by atoms with Crippen LogP contribution in [0.3, 0.4) is 0 Å². The van der Waals surface area contributed by atoms with E-state index in [4.69, 9.17) is 4.74 Å². The van der Waals surface area contributed by atoms with Gasteiger partial charge in [-0.05, 0) is 29.8 Å². The van der Waals surface area contributed by atoms with E-state index in [1.165, 1.54) is 19.2 Å². The number of rotatable bonds is 5. The number of ether oxygens (including phenoxy) is 1. The number of esters is 1. The van der Waals surface area contributed by atoms with Crippen LogP contribution in [-0.2, 0) is 9.53 Å². The second-order valence-electron chi connectivity index (χ2n) is 4.39. The first-order valence-electron chi connectivity index (χ1n) is 6.33. The summed E-state index contributed by atoms with van der Waals surface area (Å²) in [5.74, 6) is -0.590. The van der Waals surface area contributed by atoms with Crippen molar-refractivity contribution in [3.8, 4) is 0 Å². The molecule has 0 aliphatic carbocycles. The summed E-state index contributed by atoms with van der Waals surface area (Å²) in [5, 5.41) is 3.22. The first kappa shape index (κ1) is 14.1. The molecule has 1 unspecified atom stereocenters. The fourth-order valence-corrected chi connectivity index (χ4v) is 1.93. The molecule has 2 aromatic rings. The first-order valence-corrected chi connectivity index (χ1v) is 6.33. The smallest absolute Gasteiger partial charge is 0.307 e. The van der Waals surface area contributed by atoms with E-state index in [1.807, 2.05) is 30.3 Å². The highest BCUT2D eigenvalue weighted by molar-refractivity contribution is 5.71. The van der Waals surface area contributed by atoms with Crippen LogP contribution in [0.15, 0.2) is 54.6 Å². The third-order valence-corrected chi connectivity index (χ3v) is 2.99. The Kier molecular flexibility index (Phi) is 4.71. The van der Waals surface area contributed by atoms with Crippen LogP contribution in [-0.4, -0.2) is 13.1 Å². The fraction of sp³-hybridized carbons (Fsp3) is 0.188. The Labute approximate surface area is 117 Å². The number of hydrogen-bond donors (Lipinski definition) is 1. The van der Waals surface area contributed by atoms with E-state index >= 15 is 0 Å². The lowest BCUT2D eigenvalue weighted by Crippen LogP contribution is -2.16. The van der Waals surface area contributed by atoms with Gasteiger partial charge in [0.05, 0.1) is 19.6 Å². The summed E-state index contributed by atoms with van der Waals surface area (Å²) in [7, 11) is 1.36. The maximum atomic E-state index is 12.9. The lowest BCUT2D eigenvalue weighted by molar-refractivity contribution is -0.140. The van der Waals surface area contributed by atoms with Gasteiger partial charge in [0.2, 0.25) is 0 Å². The zero-order chi connectivity index (χ0) is 14.4. The van der Waals surface area contributed by atoms with Gasteiger partial charge in [0, 0.05) is 5.69 Å². The van der Waals surface area contributed by atoms with Crippen LogP contribution in [0.25, 0.3) is 0 Å². The van der Waals surface area contributed by atoms with Gasteiger partial charge in [-0.15, -0.1) is 0 Å². The summed E-state index contributed by atoms with van der Waals surface area (Å²) in [6.45, 7) is 0. The molecule has 1 N–H and O–H groups in total. The molecule has 0 saturated heterocycles. The Hall–Kier alpha value is -2.36.